The van der Waals surface area contributed by atoms with E-state index in [2.05, 4.69) is 11.9 Å². The summed E-state index contributed by atoms with van der Waals surface area (Å²) in [6.45, 7) is 1.74. The van der Waals surface area contributed by atoms with Crippen molar-refractivity contribution in [2.75, 3.05) is 20.1 Å². The fraction of sp³-hybridized carbons (Fsp3) is 0.909. The largest absolute Gasteiger partial charge is 0.393 e. The van der Waals surface area contributed by atoms with Crippen molar-refractivity contribution < 1.29 is 5.11 Å². The van der Waals surface area contributed by atoms with Crippen LogP contribution >= 0.6 is 12.2 Å². The normalized spacial score (nSPS) is 19.7. The van der Waals surface area contributed by atoms with Crippen molar-refractivity contribution in [2.45, 2.75) is 44.1 Å². The first-order chi connectivity index (χ1) is 7.02. The van der Waals surface area contributed by atoms with Gasteiger partial charge in [0.25, 0.3) is 0 Å². The molecule has 4 heteroatoms. The summed E-state index contributed by atoms with van der Waals surface area (Å²) in [5, 5.41) is 10.2. The fourth-order valence-corrected chi connectivity index (χ4v) is 2.44. The van der Waals surface area contributed by atoms with Gasteiger partial charge in [-0.15, -0.1) is 0 Å². The standard InChI is InChI=1S/C11H22N2OS/c1-13(8-4-5-10(12)15)9-11(14)6-2-3-7-11/h14H,2-9H2,1H3,(H2,12,15). The van der Waals surface area contributed by atoms with E-state index in [1.54, 1.807) is 0 Å². The number of rotatable bonds is 6. The first-order valence-electron chi connectivity index (χ1n) is 5.71. The van der Waals surface area contributed by atoms with Crippen molar-refractivity contribution in [1.29, 1.82) is 0 Å². The van der Waals surface area contributed by atoms with Crippen LogP contribution in [0.4, 0.5) is 0 Å². The minimum absolute atomic E-state index is 0.433. The second kappa shape index (κ2) is 5.77. The first kappa shape index (κ1) is 12.9. The van der Waals surface area contributed by atoms with Gasteiger partial charge in [0.2, 0.25) is 0 Å². The van der Waals surface area contributed by atoms with E-state index in [-0.39, 0.29) is 0 Å². The van der Waals surface area contributed by atoms with Crippen LogP contribution in [0.25, 0.3) is 0 Å². The number of nitrogens with two attached hydrogens (primary N) is 1. The van der Waals surface area contributed by atoms with Gasteiger partial charge in [-0.2, -0.15) is 0 Å². The highest BCUT2D eigenvalue weighted by atomic mass is 32.1. The molecule has 1 aliphatic carbocycles. The molecule has 0 aromatic rings. The molecule has 15 heavy (non-hydrogen) atoms. The third-order valence-electron chi connectivity index (χ3n) is 3.06. The van der Waals surface area contributed by atoms with Gasteiger partial charge in [0, 0.05) is 6.54 Å². The summed E-state index contributed by atoms with van der Waals surface area (Å²) < 4.78 is 0. The minimum atomic E-state index is -0.433. The van der Waals surface area contributed by atoms with E-state index in [0.717, 1.165) is 51.6 Å². The Morgan fingerprint density at radius 2 is 2.07 bits per heavy atom. The van der Waals surface area contributed by atoms with Crippen LogP contribution in [0.5, 0.6) is 0 Å². The lowest BCUT2D eigenvalue weighted by Crippen LogP contribution is -2.39. The molecule has 0 aromatic carbocycles. The molecule has 0 spiro atoms. The lowest BCUT2D eigenvalue weighted by molar-refractivity contribution is 0.0163. The molecular formula is C11H22N2OS. The third kappa shape index (κ3) is 4.91. The summed E-state index contributed by atoms with van der Waals surface area (Å²) in [5.74, 6) is 0. The molecule has 0 unspecified atom stereocenters. The molecular weight excluding hydrogens is 208 g/mol. The van der Waals surface area contributed by atoms with Crippen LogP contribution < -0.4 is 5.73 Å². The van der Waals surface area contributed by atoms with Crippen molar-refractivity contribution in [3.8, 4) is 0 Å². The van der Waals surface area contributed by atoms with E-state index in [4.69, 9.17) is 18.0 Å². The minimum Gasteiger partial charge on any atom is -0.393 e. The van der Waals surface area contributed by atoms with Gasteiger partial charge in [0.15, 0.2) is 0 Å². The van der Waals surface area contributed by atoms with Crippen LogP contribution in [-0.4, -0.2) is 40.7 Å². The van der Waals surface area contributed by atoms with Crippen LogP contribution in [0.15, 0.2) is 0 Å². The summed E-state index contributed by atoms with van der Waals surface area (Å²) >= 11 is 4.82. The maximum atomic E-state index is 10.2. The Balaban J connectivity index is 2.17. The molecule has 0 atom stereocenters. The Bertz CT molecular complexity index is 215. The molecule has 0 bridgehead atoms. The van der Waals surface area contributed by atoms with Crippen molar-refractivity contribution in [2.24, 2.45) is 5.73 Å². The zero-order chi connectivity index (χ0) is 11.3. The van der Waals surface area contributed by atoms with Gasteiger partial charge < -0.3 is 15.7 Å². The lowest BCUT2D eigenvalue weighted by Gasteiger charge is -2.28. The van der Waals surface area contributed by atoms with Gasteiger partial charge in [0.05, 0.1) is 10.6 Å². The highest BCUT2D eigenvalue weighted by Gasteiger charge is 2.31. The quantitative estimate of drug-likeness (QED) is 0.675. The van der Waals surface area contributed by atoms with Crippen molar-refractivity contribution in [1.82, 2.24) is 4.90 Å². The van der Waals surface area contributed by atoms with Crippen LogP contribution in [0.1, 0.15) is 38.5 Å². The van der Waals surface area contributed by atoms with E-state index >= 15 is 0 Å². The Morgan fingerprint density at radius 3 is 2.60 bits per heavy atom. The number of likely N-dealkylation sites (N-methyl/N-ethyl adjacent to an activating group) is 1. The molecule has 1 fully saturated rings. The topological polar surface area (TPSA) is 49.5 Å². The number of nitrogens with zero attached hydrogens (tertiary/aromatic N) is 1. The molecule has 0 amide bonds. The molecule has 3 nitrogen and oxygen atoms in total. The zero-order valence-electron chi connectivity index (χ0n) is 9.54. The van der Waals surface area contributed by atoms with Crippen LogP contribution in [-0.2, 0) is 0 Å². The first-order valence-corrected chi connectivity index (χ1v) is 6.12. The molecule has 0 aliphatic heterocycles. The number of aliphatic hydroxyl groups is 1. The number of hydrogen-bond donors (Lipinski definition) is 2. The highest BCUT2D eigenvalue weighted by molar-refractivity contribution is 7.80. The van der Waals surface area contributed by atoms with E-state index in [0.29, 0.717) is 4.99 Å². The summed E-state index contributed by atoms with van der Waals surface area (Å²) in [7, 11) is 2.05. The summed E-state index contributed by atoms with van der Waals surface area (Å²) in [6, 6.07) is 0. The second-order valence-corrected chi connectivity index (χ2v) is 5.26. The average molecular weight is 230 g/mol. The molecule has 3 N–H and O–H groups in total. The molecule has 88 valence electrons. The van der Waals surface area contributed by atoms with Crippen molar-refractivity contribution in [3.05, 3.63) is 0 Å². The van der Waals surface area contributed by atoms with E-state index in [1.807, 2.05) is 0 Å². The Morgan fingerprint density at radius 1 is 1.47 bits per heavy atom. The fourth-order valence-electron chi connectivity index (χ4n) is 2.30. The van der Waals surface area contributed by atoms with E-state index in [1.165, 1.54) is 0 Å². The molecule has 0 radical (unpaired) electrons. The van der Waals surface area contributed by atoms with Gasteiger partial charge in [0.1, 0.15) is 0 Å². The van der Waals surface area contributed by atoms with E-state index in [9.17, 15) is 5.11 Å². The van der Waals surface area contributed by atoms with Gasteiger partial charge >= 0.3 is 0 Å². The highest BCUT2D eigenvalue weighted by Crippen LogP contribution is 2.29. The third-order valence-corrected chi connectivity index (χ3v) is 3.27. The summed E-state index contributed by atoms with van der Waals surface area (Å²) in [5.41, 5.74) is 5.00. The molecule has 0 saturated heterocycles. The van der Waals surface area contributed by atoms with Gasteiger partial charge in [-0.25, -0.2) is 0 Å². The SMILES string of the molecule is CN(CCCC(N)=S)CC1(O)CCCC1. The van der Waals surface area contributed by atoms with Crippen molar-refractivity contribution >= 4 is 17.2 Å². The Kier molecular flexibility index (Phi) is 4.96. The Hall–Kier alpha value is -0.190. The summed E-state index contributed by atoms with van der Waals surface area (Å²) in [6.07, 6.45) is 6.02. The zero-order valence-corrected chi connectivity index (χ0v) is 10.4. The summed E-state index contributed by atoms with van der Waals surface area (Å²) in [4.78, 5) is 2.77. The van der Waals surface area contributed by atoms with Crippen LogP contribution in [0.3, 0.4) is 0 Å². The number of thiocarbonyl (C=S) groups is 1. The maximum absolute atomic E-state index is 10.2. The lowest BCUT2D eigenvalue weighted by atomic mass is 10.0. The molecule has 0 heterocycles. The predicted octanol–water partition coefficient (Wildman–Crippen LogP) is 1.29. The average Bonchev–Trinajstić information content (AvgIpc) is 2.50. The van der Waals surface area contributed by atoms with Gasteiger partial charge in [-0.1, -0.05) is 25.1 Å². The monoisotopic (exact) mass is 230 g/mol. The molecule has 0 aromatic heterocycles. The van der Waals surface area contributed by atoms with E-state index < -0.39 is 5.60 Å². The smallest absolute Gasteiger partial charge is 0.0774 e. The Labute approximate surface area is 97.6 Å². The van der Waals surface area contributed by atoms with Gasteiger partial charge in [-0.3, -0.25) is 0 Å². The molecule has 1 aliphatic rings. The van der Waals surface area contributed by atoms with Crippen LogP contribution in [0, 0.1) is 0 Å². The maximum Gasteiger partial charge on any atom is 0.0774 e. The molecule has 1 rings (SSSR count). The predicted molar refractivity (Wildman–Crippen MR) is 66.9 cm³/mol. The van der Waals surface area contributed by atoms with Gasteiger partial charge in [-0.05, 0) is 39.3 Å². The second-order valence-electron chi connectivity index (χ2n) is 4.74. The molecule has 1 saturated carbocycles. The van der Waals surface area contributed by atoms with Crippen LogP contribution in [0.2, 0.25) is 0 Å². The number of hydrogen-bond acceptors (Lipinski definition) is 3. The van der Waals surface area contributed by atoms with Crippen molar-refractivity contribution in [3.63, 3.8) is 0 Å².